The van der Waals surface area contributed by atoms with E-state index in [1.54, 1.807) is 12.4 Å². The molecule has 0 aliphatic carbocycles. The minimum atomic E-state index is 0.527. The highest BCUT2D eigenvalue weighted by molar-refractivity contribution is 5.59. The van der Waals surface area contributed by atoms with Crippen LogP contribution < -0.4 is 16.0 Å². The standard InChI is InChI=1S/C30H34N8/c1-20-4-2-7-26(33-20)29-31-16-14-27(37-29)36-28-15-17-32-30(38-28)35-24-10-8-21(9-11-24)18-22-5-3-6-23-12-13-25(19-22)34-23/h2,4,7-11,14-17,22-23,25,34H,3,5-6,12-13,18-19H2,1H3,(H2,31,32,35,36,37,38)/t22?,23-,25-/m0/s1. The molecule has 6 rings (SSSR count). The second-order valence-corrected chi connectivity index (χ2v) is 10.5. The molecule has 2 aliphatic rings. The minimum absolute atomic E-state index is 0.527. The van der Waals surface area contributed by atoms with Gasteiger partial charge in [0.2, 0.25) is 5.95 Å². The largest absolute Gasteiger partial charge is 0.325 e. The minimum Gasteiger partial charge on any atom is -0.325 e. The Morgan fingerprint density at radius 3 is 2.47 bits per heavy atom. The number of aromatic nitrogens is 5. The fourth-order valence-electron chi connectivity index (χ4n) is 5.70. The smallest absolute Gasteiger partial charge is 0.229 e. The molecule has 2 saturated heterocycles. The van der Waals surface area contributed by atoms with Crippen LogP contribution in [0.3, 0.4) is 0 Å². The lowest BCUT2D eigenvalue weighted by Gasteiger charge is -2.25. The number of nitrogens with zero attached hydrogens (tertiary/aromatic N) is 5. The van der Waals surface area contributed by atoms with Gasteiger partial charge < -0.3 is 16.0 Å². The van der Waals surface area contributed by atoms with Crippen molar-refractivity contribution in [3.05, 3.63) is 78.2 Å². The second kappa shape index (κ2) is 11.2. The van der Waals surface area contributed by atoms with E-state index in [0.29, 0.717) is 23.4 Å². The van der Waals surface area contributed by atoms with E-state index in [-0.39, 0.29) is 0 Å². The normalized spacial score (nSPS) is 20.9. The second-order valence-electron chi connectivity index (χ2n) is 10.5. The molecule has 2 aliphatic heterocycles. The predicted molar refractivity (Wildman–Crippen MR) is 151 cm³/mol. The molecule has 1 aromatic carbocycles. The van der Waals surface area contributed by atoms with Crippen LogP contribution in [0.4, 0.5) is 23.3 Å². The Labute approximate surface area is 223 Å². The molecule has 4 aromatic rings. The monoisotopic (exact) mass is 506 g/mol. The molecule has 0 radical (unpaired) electrons. The summed E-state index contributed by atoms with van der Waals surface area (Å²) < 4.78 is 0. The van der Waals surface area contributed by atoms with Gasteiger partial charge in [-0.15, -0.1) is 0 Å². The van der Waals surface area contributed by atoms with Crippen LogP contribution in [0, 0.1) is 12.8 Å². The molecule has 3 aromatic heterocycles. The SMILES string of the molecule is Cc1cccc(-c2nccc(Nc3ccnc(Nc4ccc(CC5CCC[C@H]6CC[C@@H](C5)N6)cc4)n3)n2)n1. The third kappa shape index (κ3) is 6.14. The first-order valence-corrected chi connectivity index (χ1v) is 13.7. The van der Waals surface area contributed by atoms with Crippen molar-refractivity contribution in [3.63, 3.8) is 0 Å². The van der Waals surface area contributed by atoms with Gasteiger partial charge in [0.25, 0.3) is 0 Å². The van der Waals surface area contributed by atoms with E-state index in [2.05, 4.69) is 65.1 Å². The summed E-state index contributed by atoms with van der Waals surface area (Å²) >= 11 is 0. The summed E-state index contributed by atoms with van der Waals surface area (Å²) in [7, 11) is 0. The van der Waals surface area contributed by atoms with Gasteiger partial charge in [0.15, 0.2) is 5.82 Å². The number of rotatable bonds is 7. The van der Waals surface area contributed by atoms with E-state index < -0.39 is 0 Å². The fraction of sp³-hybridized carbons (Fsp3) is 0.367. The van der Waals surface area contributed by atoms with Gasteiger partial charge >= 0.3 is 0 Å². The summed E-state index contributed by atoms with van der Waals surface area (Å²) in [5, 5.41) is 10.4. The van der Waals surface area contributed by atoms with E-state index >= 15 is 0 Å². The van der Waals surface area contributed by atoms with E-state index in [4.69, 9.17) is 0 Å². The van der Waals surface area contributed by atoms with Crippen LogP contribution in [0.1, 0.15) is 49.8 Å². The highest BCUT2D eigenvalue weighted by Crippen LogP contribution is 2.30. The zero-order valence-electron chi connectivity index (χ0n) is 21.8. The lowest BCUT2D eigenvalue weighted by atomic mass is 9.87. The lowest BCUT2D eigenvalue weighted by Crippen LogP contribution is -2.33. The van der Waals surface area contributed by atoms with Crippen LogP contribution in [0.2, 0.25) is 0 Å². The summed E-state index contributed by atoms with van der Waals surface area (Å²) in [6, 6.07) is 19.6. The Hall–Kier alpha value is -3.91. The van der Waals surface area contributed by atoms with Gasteiger partial charge in [-0.25, -0.2) is 19.9 Å². The zero-order chi connectivity index (χ0) is 25.7. The maximum absolute atomic E-state index is 4.62. The Balaban J connectivity index is 1.08. The van der Waals surface area contributed by atoms with Crippen LogP contribution in [0.5, 0.6) is 0 Å². The van der Waals surface area contributed by atoms with E-state index in [9.17, 15) is 0 Å². The summed E-state index contributed by atoms with van der Waals surface area (Å²) in [4.78, 5) is 22.5. The van der Waals surface area contributed by atoms with Gasteiger partial charge in [0.05, 0.1) is 0 Å². The molecule has 2 fully saturated rings. The number of nitrogens with one attached hydrogen (secondary N) is 3. The van der Waals surface area contributed by atoms with E-state index in [0.717, 1.165) is 41.5 Å². The van der Waals surface area contributed by atoms with Gasteiger partial charge in [-0.1, -0.05) is 31.0 Å². The molecule has 1 unspecified atom stereocenters. The highest BCUT2D eigenvalue weighted by atomic mass is 15.2. The van der Waals surface area contributed by atoms with Crippen LogP contribution >= 0.6 is 0 Å². The summed E-state index contributed by atoms with van der Waals surface area (Å²) in [5.74, 6) is 3.15. The van der Waals surface area contributed by atoms with Crippen molar-refractivity contribution < 1.29 is 0 Å². The van der Waals surface area contributed by atoms with Crippen molar-refractivity contribution in [1.82, 2.24) is 30.2 Å². The molecule has 8 nitrogen and oxygen atoms in total. The summed E-state index contributed by atoms with van der Waals surface area (Å²) in [5.41, 5.74) is 4.03. The highest BCUT2D eigenvalue weighted by Gasteiger charge is 2.28. The first kappa shape index (κ1) is 24.4. The van der Waals surface area contributed by atoms with Gasteiger partial charge in [0, 0.05) is 35.9 Å². The van der Waals surface area contributed by atoms with Crippen molar-refractivity contribution in [1.29, 1.82) is 0 Å². The van der Waals surface area contributed by atoms with Gasteiger partial charge in [-0.3, -0.25) is 0 Å². The van der Waals surface area contributed by atoms with E-state index in [1.165, 1.54) is 44.1 Å². The topological polar surface area (TPSA) is 101 Å². The van der Waals surface area contributed by atoms with E-state index in [1.807, 2.05) is 37.3 Å². The molecule has 8 heteroatoms. The van der Waals surface area contributed by atoms with Gasteiger partial charge in [-0.05, 0) is 86.9 Å². The molecule has 3 N–H and O–H groups in total. The molecule has 2 bridgehead atoms. The van der Waals surface area contributed by atoms with Gasteiger partial charge in [-0.2, -0.15) is 4.98 Å². The van der Waals surface area contributed by atoms with Gasteiger partial charge in [0.1, 0.15) is 17.3 Å². The van der Waals surface area contributed by atoms with Crippen molar-refractivity contribution in [3.8, 4) is 11.5 Å². The quantitative estimate of drug-likeness (QED) is 0.282. The summed E-state index contributed by atoms with van der Waals surface area (Å²) in [6.07, 6.45) is 12.6. The first-order chi connectivity index (χ1) is 18.7. The van der Waals surface area contributed by atoms with Crippen LogP contribution in [-0.2, 0) is 6.42 Å². The Morgan fingerprint density at radius 1 is 0.789 bits per heavy atom. The number of anilines is 4. The van der Waals surface area contributed by atoms with Crippen LogP contribution in [0.15, 0.2) is 67.0 Å². The van der Waals surface area contributed by atoms with Crippen molar-refractivity contribution in [2.75, 3.05) is 10.6 Å². The van der Waals surface area contributed by atoms with Crippen LogP contribution in [0.25, 0.3) is 11.5 Å². The molecule has 194 valence electrons. The number of fused-ring (bicyclic) bond motifs is 2. The number of aryl methyl sites for hydroxylation is 1. The Kier molecular flexibility index (Phi) is 7.22. The Morgan fingerprint density at radius 2 is 1.61 bits per heavy atom. The molecule has 0 amide bonds. The first-order valence-electron chi connectivity index (χ1n) is 13.7. The Bertz CT molecular complexity index is 1370. The predicted octanol–water partition coefficient (Wildman–Crippen LogP) is 5.98. The number of hydrogen-bond acceptors (Lipinski definition) is 8. The van der Waals surface area contributed by atoms with Crippen molar-refractivity contribution in [2.45, 2.75) is 64.0 Å². The fourth-order valence-corrected chi connectivity index (χ4v) is 5.70. The third-order valence-corrected chi connectivity index (χ3v) is 7.54. The molecule has 5 heterocycles. The number of hydrogen-bond donors (Lipinski definition) is 3. The molecule has 0 saturated carbocycles. The number of benzene rings is 1. The maximum Gasteiger partial charge on any atom is 0.229 e. The average molecular weight is 507 g/mol. The number of pyridine rings is 1. The van der Waals surface area contributed by atoms with Crippen molar-refractivity contribution >= 4 is 23.3 Å². The molecule has 0 spiro atoms. The zero-order valence-corrected chi connectivity index (χ0v) is 21.8. The lowest BCUT2D eigenvalue weighted by molar-refractivity contribution is 0.332. The van der Waals surface area contributed by atoms with Crippen LogP contribution in [-0.4, -0.2) is 37.0 Å². The molecule has 38 heavy (non-hydrogen) atoms. The summed E-state index contributed by atoms with van der Waals surface area (Å²) in [6.45, 7) is 1.95. The average Bonchev–Trinajstić information content (AvgIpc) is 3.39. The maximum atomic E-state index is 4.62. The third-order valence-electron chi connectivity index (χ3n) is 7.54. The molecular weight excluding hydrogens is 472 g/mol. The molecule has 3 atom stereocenters. The molecular formula is C30H34N8. The van der Waals surface area contributed by atoms with Crippen molar-refractivity contribution in [2.24, 2.45) is 5.92 Å².